The molecule has 0 aromatic carbocycles. The van der Waals surface area contributed by atoms with Crippen LogP contribution in [-0.4, -0.2) is 215 Å². The Balaban J connectivity index is 1.64. The van der Waals surface area contributed by atoms with Crippen LogP contribution in [0.25, 0.3) is 0 Å². The van der Waals surface area contributed by atoms with Crippen LogP contribution in [0.5, 0.6) is 0 Å². The molecule has 3 saturated heterocycles. The summed E-state index contributed by atoms with van der Waals surface area (Å²) in [7, 11) is 0. The predicted octanol–water partition coefficient (Wildman–Crippen LogP) is 2.39. The summed E-state index contributed by atoms with van der Waals surface area (Å²) < 4.78 is 34.7. The van der Waals surface area contributed by atoms with Gasteiger partial charge in [-0.15, -0.1) is 0 Å². The van der Waals surface area contributed by atoms with E-state index in [2.05, 4.69) is 36.6 Å². The second kappa shape index (κ2) is 39.9. The first kappa shape index (κ1) is 71.7. The second-order valence-electron chi connectivity index (χ2n) is 22.2. The quantitative estimate of drug-likeness (QED) is 0.0308. The molecule has 0 radical (unpaired) electrons. The van der Waals surface area contributed by atoms with E-state index in [-0.39, 0.29) is 18.9 Å². The number of allylic oxidation sites excluding steroid dienone is 2. The number of nitrogens with one attached hydrogen (secondary N) is 2. The predicted molar refractivity (Wildman–Crippen MR) is 292 cm³/mol. The van der Waals surface area contributed by atoms with E-state index in [1.54, 1.807) is 0 Å². The number of unbranched alkanes of at least 4 members (excludes halogenated alkanes) is 21. The highest BCUT2D eigenvalue weighted by Crippen LogP contribution is 2.38. The van der Waals surface area contributed by atoms with Crippen molar-refractivity contribution in [3.63, 3.8) is 0 Å². The Morgan fingerprint density at radius 3 is 1.69 bits per heavy atom. The molecule has 3 rings (SSSR count). The van der Waals surface area contributed by atoms with Crippen LogP contribution in [0.1, 0.15) is 194 Å². The standard InChI is InChI=1S/C57H104N2O21/c1-4-6-8-10-12-14-15-16-17-18-19-20-21-23-25-27-29-31-44(67)59-38(39(64)30-28-26-24-22-13-11-9-7-5-2)36-75-54-49(71)48(70)51(43(35-62)77-54)78-55-50(72)53(47(69)42(34-61)76-55)80-57(56(73)74)32-40(65)45(58-37(3)63)52(79-57)46(68)41(66)33-60/h16-17,38-43,45-55,60-62,64-66,68-72H,4-15,18-36H2,1-3H3,(H,58,63)(H,59,67)(H,73,74)/b17-16-. The third kappa shape index (κ3) is 24.2. The first-order chi connectivity index (χ1) is 38.4. The van der Waals surface area contributed by atoms with Crippen LogP contribution in [-0.2, 0) is 42.8 Å². The minimum Gasteiger partial charge on any atom is -0.477 e. The summed E-state index contributed by atoms with van der Waals surface area (Å²) in [5, 5.41) is 135. The largest absolute Gasteiger partial charge is 0.477 e. The third-order valence-electron chi connectivity index (χ3n) is 15.5. The van der Waals surface area contributed by atoms with E-state index in [0.29, 0.717) is 19.3 Å². The average molecular weight is 1150 g/mol. The molecule has 0 aromatic rings. The van der Waals surface area contributed by atoms with Crippen LogP contribution < -0.4 is 10.6 Å². The zero-order valence-corrected chi connectivity index (χ0v) is 47.9. The molecular weight excluding hydrogens is 1050 g/mol. The fourth-order valence-electron chi connectivity index (χ4n) is 10.6. The topological polar surface area (TPSA) is 373 Å². The fourth-order valence-corrected chi connectivity index (χ4v) is 10.6. The van der Waals surface area contributed by atoms with E-state index in [1.807, 2.05) is 0 Å². The zero-order valence-electron chi connectivity index (χ0n) is 47.9. The Labute approximate surface area is 473 Å². The van der Waals surface area contributed by atoms with Gasteiger partial charge in [-0.05, 0) is 38.5 Å². The average Bonchev–Trinajstić information content (AvgIpc) is 3.56. The molecule has 3 heterocycles. The van der Waals surface area contributed by atoms with Crippen molar-refractivity contribution in [2.45, 2.75) is 304 Å². The maximum Gasteiger partial charge on any atom is 0.364 e. The van der Waals surface area contributed by atoms with Crippen LogP contribution >= 0.6 is 0 Å². The van der Waals surface area contributed by atoms with Crippen molar-refractivity contribution in [1.82, 2.24) is 10.6 Å². The lowest BCUT2D eigenvalue weighted by Gasteiger charge is -2.50. The number of hydrogen-bond acceptors (Lipinski definition) is 20. The van der Waals surface area contributed by atoms with Crippen molar-refractivity contribution >= 4 is 17.8 Å². The van der Waals surface area contributed by atoms with Crippen LogP contribution in [0.4, 0.5) is 0 Å². The number of aliphatic hydroxyl groups excluding tert-OH is 11. The van der Waals surface area contributed by atoms with Crippen molar-refractivity contribution in [1.29, 1.82) is 0 Å². The molecule has 3 aliphatic rings. The number of carboxylic acid groups (broad SMARTS) is 1. The van der Waals surface area contributed by atoms with Crippen molar-refractivity contribution < 1.29 is 104 Å². The van der Waals surface area contributed by atoms with Gasteiger partial charge in [-0.25, -0.2) is 4.79 Å². The second-order valence-corrected chi connectivity index (χ2v) is 22.2. The lowest BCUT2D eigenvalue weighted by atomic mass is 9.88. The number of carbonyl (C=O) groups excluding carboxylic acids is 2. The Hall–Kier alpha value is -2.53. The van der Waals surface area contributed by atoms with Gasteiger partial charge in [0.25, 0.3) is 5.79 Å². The minimum absolute atomic E-state index is 0.219. The van der Waals surface area contributed by atoms with Gasteiger partial charge in [0.2, 0.25) is 11.8 Å². The van der Waals surface area contributed by atoms with Gasteiger partial charge in [-0.2, -0.15) is 0 Å². The highest BCUT2D eigenvalue weighted by Gasteiger charge is 2.60. The molecule has 0 spiro atoms. The van der Waals surface area contributed by atoms with Crippen LogP contribution in [0.2, 0.25) is 0 Å². The highest BCUT2D eigenvalue weighted by molar-refractivity contribution is 5.77. The van der Waals surface area contributed by atoms with Crippen molar-refractivity contribution in [2.75, 3.05) is 26.4 Å². The van der Waals surface area contributed by atoms with Crippen molar-refractivity contribution in [2.24, 2.45) is 0 Å². The van der Waals surface area contributed by atoms with Gasteiger partial charge in [0.15, 0.2) is 12.6 Å². The first-order valence-corrected chi connectivity index (χ1v) is 30.0. The number of amides is 2. The van der Waals surface area contributed by atoms with Gasteiger partial charge >= 0.3 is 5.97 Å². The zero-order chi connectivity index (χ0) is 59.0. The van der Waals surface area contributed by atoms with E-state index in [9.17, 15) is 75.7 Å². The Morgan fingerprint density at radius 1 is 0.637 bits per heavy atom. The van der Waals surface area contributed by atoms with Gasteiger partial charge in [-0.3, -0.25) is 9.59 Å². The summed E-state index contributed by atoms with van der Waals surface area (Å²) in [4.78, 5) is 38.3. The molecule has 18 unspecified atom stereocenters. The van der Waals surface area contributed by atoms with E-state index in [4.69, 9.17) is 28.4 Å². The minimum atomic E-state index is -3.08. The maximum atomic E-state index is 13.3. The monoisotopic (exact) mass is 1150 g/mol. The van der Waals surface area contributed by atoms with E-state index in [1.165, 1.54) is 64.2 Å². The SMILES string of the molecule is CCCCCCCC/C=C\CCCCCCCCCC(=O)NC(COC1OC(CO)C(OC2OC(CO)C(O)C(OC3(C(=O)O)CC(O)C(NC(C)=O)C(C(O)C(O)CO)O3)C2O)C(O)C1O)C(O)CCCCCCCCCCC. The molecule has 0 aromatic heterocycles. The third-order valence-corrected chi connectivity index (χ3v) is 15.5. The van der Waals surface area contributed by atoms with Crippen molar-refractivity contribution in [3.8, 4) is 0 Å². The lowest BCUT2D eigenvalue weighted by molar-refractivity contribution is -0.386. The number of ether oxygens (including phenoxy) is 6. The van der Waals surface area contributed by atoms with E-state index in [0.717, 1.165) is 84.0 Å². The number of carboxylic acids is 1. The normalized spacial score (nSPS) is 30.7. The molecule has 0 bridgehead atoms. The molecular formula is C57H104N2O21. The van der Waals surface area contributed by atoms with Crippen molar-refractivity contribution in [3.05, 3.63) is 12.2 Å². The number of hydrogen-bond donors (Lipinski definition) is 14. The first-order valence-electron chi connectivity index (χ1n) is 30.0. The smallest absolute Gasteiger partial charge is 0.364 e. The van der Waals surface area contributed by atoms with Gasteiger partial charge < -0.3 is 100 Å². The summed E-state index contributed by atoms with van der Waals surface area (Å²) >= 11 is 0. The molecule has 468 valence electrons. The lowest BCUT2D eigenvalue weighted by Crippen LogP contribution is -2.70. The molecule has 23 heteroatoms. The molecule has 18 atom stereocenters. The van der Waals surface area contributed by atoms with Crippen LogP contribution in [0.3, 0.4) is 0 Å². The van der Waals surface area contributed by atoms with Crippen LogP contribution in [0, 0.1) is 0 Å². The van der Waals surface area contributed by atoms with E-state index < -0.39 is 148 Å². The Morgan fingerprint density at radius 2 is 1.16 bits per heavy atom. The Bertz CT molecular complexity index is 1700. The van der Waals surface area contributed by atoms with E-state index >= 15 is 0 Å². The van der Waals surface area contributed by atoms with Crippen LogP contribution in [0.15, 0.2) is 12.2 Å². The van der Waals surface area contributed by atoms with Gasteiger partial charge in [-0.1, -0.05) is 148 Å². The van der Waals surface area contributed by atoms with Gasteiger partial charge in [0, 0.05) is 19.8 Å². The fraction of sp³-hybridized carbons (Fsp3) is 0.912. The summed E-state index contributed by atoms with van der Waals surface area (Å²) in [5.74, 6) is -6.11. The molecule has 0 aliphatic carbocycles. The molecule has 3 aliphatic heterocycles. The number of aliphatic carboxylic acids is 1. The summed E-state index contributed by atoms with van der Waals surface area (Å²) in [6, 6.07) is -2.53. The van der Waals surface area contributed by atoms with Gasteiger partial charge in [0.05, 0.1) is 50.7 Å². The number of aliphatic hydroxyl groups is 11. The molecule has 23 nitrogen and oxygen atoms in total. The highest BCUT2D eigenvalue weighted by atomic mass is 16.8. The Kier molecular flexibility index (Phi) is 35.8. The molecule has 14 N–H and O–H groups in total. The molecule has 80 heavy (non-hydrogen) atoms. The summed E-state index contributed by atoms with van der Waals surface area (Å²) in [6.07, 6.45) is 2.63. The van der Waals surface area contributed by atoms with Gasteiger partial charge in [0.1, 0.15) is 67.1 Å². The molecule has 3 fully saturated rings. The maximum absolute atomic E-state index is 13.3. The molecule has 0 saturated carbocycles. The molecule has 2 amide bonds. The summed E-state index contributed by atoms with van der Waals surface area (Å²) in [5.41, 5.74) is 0. The number of rotatable bonds is 43. The summed E-state index contributed by atoms with van der Waals surface area (Å²) in [6.45, 7) is 2.12. The number of carbonyl (C=O) groups is 3.